The molecular formula is C18H21ClO. The number of benzene rings is 2. The summed E-state index contributed by atoms with van der Waals surface area (Å²) in [5.41, 5.74) is 5.86. The van der Waals surface area contributed by atoms with Gasteiger partial charge < -0.3 is 4.74 Å². The van der Waals surface area contributed by atoms with Crippen molar-refractivity contribution in [3.8, 4) is 5.75 Å². The Labute approximate surface area is 126 Å². The third kappa shape index (κ3) is 2.99. The van der Waals surface area contributed by atoms with Crippen LogP contribution in [-0.4, -0.2) is 6.61 Å². The predicted octanol–water partition coefficient (Wildman–Crippen LogP) is 5.34. The normalized spacial score (nSPS) is 12.2. The van der Waals surface area contributed by atoms with Gasteiger partial charge in [0, 0.05) is 5.56 Å². The van der Waals surface area contributed by atoms with E-state index < -0.39 is 0 Å². The van der Waals surface area contributed by atoms with Gasteiger partial charge in [-0.1, -0.05) is 35.9 Å². The van der Waals surface area contributed by atoms with Crippen LogP contribution < -0.4 is 4.74 Å². The molecule has 0 aliphatic heterocycles. The highest BCUT2D eigenvalue weighted by atomic mass is 35.5. The summed E-state index contributed by atoms with van der Waals surface area (Å²) in [7, 11) is 0. The molecule has 0 fully saturated rings. The molecule has 0 amide bonds. The van der Waals surface area contributed by atoms with Gasteiger partial charge >= 0.3 is 0 Å². The molecular weight excluding hydrogens is 268 g/mol. The van der Waals surface area contributed by atoms with Crippen molar-refractivity contribution in [2.75, 3.05) is 6.61 Å². The summed E-state index contributed by atoms with van der Waals surface area (Å²) in [6.07, 6.45) is 0. The zero-order chi connectivity index (χ0) is 14.7. The molecule has 2 rings (SSSR count). The van der Waals surface area contributed by atoms with Gasteiger partial charge in [-0.3, -0.25) is 0 Å². The lowest BCUT2D eigenvalue weighted by molar-refractivity contribution is 0.336. The van der Waals surface area contributed by atoms with E-state index in [1.54, 1.807) is 0 Å². The van der Waals surface area contributed by atoms with E-state index in [-0.39, 0.29) is 5.38 Å². The minimum atomic E-state index is -0.183. The number of halogens is 1. The van der Waals surface area contributed by atoms with Gasteiger partial charge in [0.15, 0.2) is 0 Å². The number of hydrogen-bond donors (Lipinski definition) is 0. The van der Waals surface area contributed by atoms with Gasteiger partial charge in [-0.05, 0) is 50.5 Å². The van der Waals surface area contributed by atoms with Crippen molar-refractivity contribution < 1.29 is 4.74 Å². The molecule has 20 heavy (non-hydrogen) atoms. The van der Waals surface area contributed by atoms with Crippen LogP contribution in [0, 0.1) is 20.8 Å². The van der Waals surface area contributed by atoms with E-state index in [4.69, 9.17) is 16.3 Å². The van der Waals surface area contributed by atoms with E-state index in [2.05, 4.69) is 51.1 Å². The molecule has 2 aromatic carbocycles. The topological polar surface area (TPSA) is 9.23 Å². The van der Waals surface area contributed by atoms with E-state index in [0.717, 1.165) is 11.3 Å². The summed E-state index contributed by atoms with van der Waals surface area (Å²) in [4.78, 5) is 0. The second kappa shape index (κ2) is 6.32. The molecule has 1 atom stereocenters. The Kier molecular flexibility index (Phi) is 4.72. The summed E-state index contributed by atoms with van der Waals surface area (Å²) >= 11 is 6.78. The molecule has 0 aliphatic carbocycles. The third-order valence-electron chi connectivity index (χ3n) is 3.53. The molecule has 2 heteroatoms. The first-order valence-corrected chi connectivity index (χ1v) is 7.41. The lowest BCUT2D eigenvalue weighted by Gasteiger charge is -2.19. The molecule has 0 heterocycles. The Morgan fingerprint density at radius 1 is 1.05 bits per heavy atom. The average molecular weight is 289 g/mol. The summed E-state index contributed by atoms with van der Waals surface area (Å²) in [5.74, 6) is 0.876. The summed E-state index contributed by atoms with van der Waals surface area (Å²) in [6.45, 7) is 8.92. The molecule has 1 unspecified atom stereocenters. The van der Waals surface area contributed by atoms with Crippen LogP contribution in [0.4, 0.5) is 0 Å². The van der Waals surface area contributed by atoms with Crippen LogP contribution >= 0.6 is 11.6 Å². The van der Waals surface area contributed by atoms with Crippen molar-refractivity contribution in [1.29, 1.82) is 0 Å². The molecule has 2 aromatic rings. The monoisotopic (exact) mass is 288 g/mol. The lowest BCUT2D eigenvalue weighted by Crippen LogP contribution is -2.03. The van der Waals surface area contributed by atoms with Gasteiger partial charge in [-0.25, -0.2) is 0 Å². The number of alkyl halides is 1. The Bertz CT molecular complexity index is 584. The van der Waals surface area contributed by atoms with Crippen LogP contribution in [0.2, 0.25) is 0 Å². The maximum absolute atomic E-state index is 6.78. The van der Waals surface area contributed by atoms with Gasteiger partial charge in [0.1, 0.15) is 5.75 Å². The van der Waals surface area contributed by atoms with Crippen LogP contribution in [0.15, 0.2) is 36.4 Å². The zero-order valence-electron chi connectivity index (χ0n) is 12.5. The number of rotatable bonds is 4. The zero-order valence-corrected chi connectivity index (χ0v) is 13.3. The fourth-order valence-electron chi connectivity index (χ4n) is 2.54. The van der Waals surface area contributed by atoms with Crippen molar-refractivity contribution in [2.45, 2.75) is 33.1 Å². The van der Waals surface area contributed by atoms with Crippen molar-refractivity contribution in [3.05, 3.63) is 64.2 Å². The highest BCUT2D eigenvalue weighted by Crippen LogP contribution is 2.38. The van der Waals surface area contributed by atoms with Crippen molar-refractivity contribution in [1.82, 2.24) is 0 Å². The Hall–Kier alpha value is -1.47. The Balaban J connectivity index is 2.52. The minimum Gasteiger partial charge on any atom is -0.494 e. The van der Waals surface area contributed by atoms with Crippen molar-refractivity contribution >= 4 is 11.6 Å². The molecule has 0 aromatic heterocycles. The SMILES string of the molecule is CCOc1ccc(C)cc1C(Cl)c1c(C)cccc1C. The van der Waals surface area contributed by atoms with Crippen LogP contribution in [0.1, 0.15) is 40.1 Å². The Morgan fingerprint density at radius 2 is 1.70 bits per heavy atom. The fraction of sp³-hybridized carbons (Fsp3) is 0.333. The smallest absolute Gasteiger partial charge is 0.124 e. The van der Waals surface area contributed by atoms with Gasteiger partial charge in [0.05, 0.1) is 12.0 Å². The Morgan fingerprint density at radius 3 is 2.30 bits per heavy atom. The van der Waals surface area contributed by atoms with Crippen LogP contribution in [-0.2, 0) is 0 Å². The maximum atomic E-state index is 6.78. The molecule has 0 spiro atoms. The van der Waals surface area contributed by atoms with E-state index >= 15 is 0 Å². The molecule has 0 radical (unpaired) electrons. The van der Waals surface area contributed by atoms with Crippen LogP contribution in [0.25, 0.3) is 0 Å². The van der Waals surface area contributed by atoms with Crippen molar-refractivity contribution in [2.24, 2.45) is 0 Å². The van der Waals surface area contributed by atoms with E-state index in [0.29, 0.717) is 6.61 Å². The highest BCUT2D eigenvalue weighted by Gasteiger charge is 2.19. The fourth-order valence-corrected chi connectivity index (χ4v) is 3.05. The maximum Gasteiger partial charge on any atom is 0.124 e. The number of hydrogen-bond acceptors (Lipinski definition) is 1. The summed E-state index contributed by atoms with van der Waals surface area (Å²) < 4.78 is 5.73. The second-order valence-corrected chi connectivity index (χ2v) is 5.58. The number of ether oxygens (including phenoxy) is 1. The van der Waals surface area contributed by atoms with E-state index in [9.17, 15) is 0 Å². The van der Waals surface area contributed by atoms with Gasteiger partial charge in [-0.2, -0.15) is 0 Å². The lowest BCUT2D eigenvalue weighted by atomic mass is 9.94. The molecule has 0 bridgehead atoms. The largest absolute Gasteiger partial charge is 0.494 e. The van der Waals surface area contributed by atoms with E-state index in [1.165, 1.54) is 22.3 Å². The highest BCUT2D eigenvalue weighted by molar-refractivity contribution is 6.23. The number of aryl methyl sites for hydroxylation is 3. The predicted molar refractivity (Wildman–Crippen MR) is 86.0 cm³/mol. The average Bonchev–Trinajstić information content (AvgIpc) is 2.40. The molecule has 0 saturated carbocycles. The molecule has 0 N–H and O–H groups in total. The van der Waals surface area contributed by atoms with E-state index in [1.807, 2.05) is 13.0 Å². The quantitative estimate of drug-likeness (QED) is 0.690. The molecule has 106 valence electrons. The summed E-state index contributed by atoms with van der Waals surface area (Å²) in [5, 5.41) is -0.183. The van der Waals surface area contributed by atoms with Gasteiger partial charge in [0.2, 0.25) is 0 Å². The molecule has 1 nitrogen and oxygen atoms in total. The third-order valence-corrected chi connectivity index (χ3v) is 3.99. The second-order valence-electron chi connectivity index (χ2n) is 5.14. The summed E-state index contributed by atoms with van der Waals surface area (Å²) in [6, 6.07) is 12.5. The molecule has 0 aliphatic rings. The first kappa shape index (κ1) is 14.9. The molecule has 0 saturated heterocycles. The van der Waals surface area contributed by atoms with Gasteiger partial charge in [-0.15, -0.1) is 11.6 Å². The van der Waals surface area contributed by atoms with Gasteiger partial charge in [0.25, 0.3) is 0 Å². The first-order valence-electron chi connectivity index (χ1n) is 6.98. The minimum absolute atomic E-state index is 0.183. The van der Waals surface area contributed by atoms with Crippen molar-refractivity contribution in [3.63, 3.8) is 0 Å². The van der Waals surface area contributed by atoms with Crippen LogP contribution in [0.3, 0.4) is 0 Å². The first-order chi connectivity index (χ1) is 9.54. The standard InChI is InChI=1S/C18H21ClO/c1-5-20-16-10-9-12(2)11-15(16)18(19)17-13(3)7-6-8-14(17)4/h6-11,18H,5H2,1-4H3. The van der Waals surface area contributed by atoms with Crippen LogP contribution in [0.5, 0.6) is 5.75 Å².